The van der Waals surface area contributed by atoms with Crippen molar-refractivity contribution in [3.8, 4) is 0 Å². The Bertz CT molecular complexity index is 183. The summed E-state index contributed by atoms with van der Waals surface area (Å²) in [6.45, 7) is 1.19. The van der Waals surface area contributed by atoms with Gasteiger partial charge in [0.15, 0.2) is 0 Å². The molecule has 0 aromatic carbocycles. The molecule has 2 fully saturated rings. The molecule has 0 aromatic rings. The molecule has 3 unspecified atom stereocenters. The van der Waals surface area contributed by atoms with Gasteiger partial charge in [0.2, 0.25) is 0 Å². The Morgan fingerprint density at radius 1 is 1.27 bits per heavy atom. The molecule has 2 nitrogen and oxygen atoms in total. The lowest BCUT2D eigenvalue weighted by molar-refractivity contribution is 0.341. The van der Waals surface area contributed by atoms with E-state index in [1.807, 2.05) is 0 Å². The first-order valence-electron chi connectivity index (χ1n) is 6.03. The fraction of sp³-hybridized carbons (Fsp3) is 1.00. The number of nitrogens with one attached hydrogen (secondary N) is 1. The summed E-state index contributed by atoms with van der Waals surface area (Å²) in [5, 5.41) is 4.54. The van der Waals surface area contributed by atoms with Gasteiger partial charge in [-0.2, -0.15) is 23.5 Å². The minimum Gasteiger partial charge on any atom is -0.328 e. The third-order valence-electron chi connectivity index (χ3n) is 3.23. The van der Waals surface area contributed by atoms with Gasteiger partial charge in [0.25, 0.3) is 0 Å². The van der Waals surface area contributed by atoms with E-state index in [-0.39, 0.29) is 0 Å². The molecule has 2 aliphatic rings. The van der Waals surface area contributed by atoms with Gasteiger partial charge in [0, 0.05) is 41.1 Å². The van der Waals surface area contributed by atoms with Crippen molar-refractivity contribution in [1.29, 1.82) is 0 Å². The van der Waals surface area contributed by atoms with Gasteiger partial charge in [-0.3, -0.25) is 0 Å². The summed E-state index contributed by atoms with van der Waals surface area (Å²) in [6, 6.07) is 1.14. The summed E-state index contributed by atoms with van der Waals surface area (Å²) in [7, 11) is 0. The van der Waals surface area contributed by atoms with Crippen LogP contribution in [-0.2, 0) is 0 Å². The van der Waals surface area contributed by atoms with Gasteiger partial charge in [-0.1, -0.05) is 6.42 Å². The Hall–Kier alpha value is 0.620. The summed E-state index contributed by atoms with van der Waals surface area (Å²) in [5.74, 6) is 4.01. The Balaban J connectivity index is 1.63. The molecule has 1 saturated carbocycles. The van der Waals surface area contributed by atoms with Crippen molar-refractivity contribution in [2.24, 2.45) is 5.73 Å². The van der Waals surface area contributed by atoms with Gasteiger partial charge in [-0.25, -0.2) is 0 Å². The molecule has 88 valence electrons. The average Bonchev–Trinajstić information content (AvgIpc) is 2.28. The highest BCUT2D eigenvalue weighted by molar-refractivity contribution is 8.06. The van der Waals surface area contributed by atoms with Crippen molar-refractivity contribution >= 4 is 23.5 Å². The SMILES string of the molecule is NC1CCCC(NCC2CSCCS2)C1. The molecular weight excluding hydrogens is 224 g/mol. The van der Waals surface area contributed by atoms with Crippen molar-refractivity contribution in [2.75, 3.05) is 23.8 Å². The highest BCUT2D eigenvalue weighted by atomic mass is 32.2. The third kappa shape index (κ3) is 4.17. The molecule has 1 aliphatic carbocycles. The molecule has 3 N–H and O–H groups in total. The van der Waals surface area contributed by atoms with E-state index in [1.54, 1.807) is 0 Å². The van der Waals surface area contributed by atoms with Gasteiger partial charge in [0.05, 0.1) is 0 Å². The van der Waals surface area contributed by atoms with Crippen LogP contribution in [-0.4, -0.2) is 41.1 Å². The Kier molecular flexibility index (Phi) is 5.14. The number of thioether (sulfide) groups is 2. The Morgan fingerprint density at radius 2 is 2.20 bits per heavy atom. The zero-order chi connectivity index (χ0) is 10.5. The molecule has 0 spiro atoms. The number of rotatable bonds is 3. The molecule has 3 atom stereocenters. The minimum atomic E-state index is 0.449. The number of nitrogens with two attached hydrogens (primary N) is 1. The van der Waals surface area contributed by atoms with Crippen molar-refractivity contribution < 1.29 is 0 Å². The van der Waals surface area contributed by atoms with Crippen molar-refractivity contribution in [2.45, 2.75) is 43.0 Å². The lowest BCUT2D eigenvalue weighted by atomic mass is 9.91. The van der Waals surface area contributed by atoms with Gasteiger partial charge in [0.1, 0.15) is 0 Å². The summed E-state index contributed by atoms with van der Waals surface area (Å²) < 4.78 is 0. The van der Waals surface area contributed by atoms with Gasteiger partial charge in [-0.05, 0) is 19.3 Å². The van der Waals surface area contributed by atoms with Crippen LogP contribution in [0.1, 0.15) is 25.7 Å². The number of hydrogen-bond donors (Lipinski definition) is 2. The van der Waals surface area contributed by atoms with E-state index >= 15 is 0 Å². The van der Waals surface area contributed by atoms with Crippen LogP contribution in [0.2, 0.25) is 0 Å². The van der Waals surface area contributed by atoms with Gasteiger partial charge in [-0.15, -0.1) is 0 Å². The van der Waals surface area contributed by atoms with Crippen LogP contribution < -0.4 is 11.1 Å². The second kappa shape index (κ2) is 6.38. The van der Waals surface area contributed by atoms with Gasteiger partial charge >= 0.3 is 0 Å². The van der Waals surface area contributed by atoms with E-state index in [2.05, 4.69) is 28.8 Å². The van der Waals surface area contributed by atoms with Crippen LogP contribution in [0.4, 0.5) is 0 Å². The monoisotopic (exact) mass is 246 g/mol. The van der Waals surface area contributed by atoms with Crippen molar-refractivity contribution in [1.82, 2.24) is 5.32 Å². The predicted molar refractivity (Wildman–Crippen MR) is 71.8 cm³/mol. The molecule has 2 rings (SSSR count). The first-order valence-corrected chi connectivity index (χ1v) is 8.23. The lowest BCUT2D eigenvalue weighted by Crippen LogP contribution is -2.42. The Labute approximate surface area is 102 Å². The van der Waals surface area contributed by atoms with Crippen LogP contribution in [0, 0.1) is 0 Å². The van der Waals surface area contributed by atoms with Gasteiger partial charge < -0.3 is 11.1 Å². The van der Waals surface area contributed by atoms with E-state index in [9.17, 15) is 0 Å². The zero-order valence-electron chi connectivity index (χ0n) is 9.28. The fourth-order valence-electron chi connectivity index (χ4n) is 2.37. The van der Waals surface area contributed by atoms with Crippen LogP contribution in [0.25, 0.3) is 0 Å². The van der Waals surface area contributed by atoms with E-state index < -0.39 is 0 Å². The molecule has 1 heterocycles. The predicted octanol–water partition coefficient (Wildman–Crippen LogP) is 1.69. The molecule has 0 aromatic heterocycles. The molecule has 4 heteroatoms. The highest BCUT2D eigenvalue weighted by Crippen LogP contribution is 2.24. The quantitative estimate of drug-likeness (QED) is 0.795. The van der Waals surface area contributed by atoms with Crippen LogP contribution in [0.15, 0.2) is 0 Å². The molecule has 0 amide bonds. The maximum absolute atomic E-state index is 5.98. The summed E-state index contributed by atoms with van der Waals surface area (Å²) in [6.07, 6.45) is 5.06. The minimum absolute atomic E-state index is 0.449. The zero-order valence-corrected chi connectivity index (χ0v) is 10.9. The summed E-state index contributed by atoms with van der Waals surface area (Å²) >= 11 is 4.24. The second-order valence-electron chi connectivity index (χ2n) is 4.60. The summed E-state index contributed by atoms with van der Waals surface area (Å²) in [4.78, 5) is 0. The van der Waals surface area contributed by atoms with Crippen LogP contribution in [0.5, 0.6) is 0 Å². The topological polar surface area (TPSA) is 38.0 Å². The lowest BCUT2D eigenvalue weighted by Gasteiger charge is -2.30. The van der Waals surface area contributed by atoms with E-state index in [4.69, 9.17) is 5.73 Å². The maximum Gasteiger partial charge on any atom is 0.0263 e. The first kappa shape index (κ1) is 12.1. The third-order valence-corrected chi connectivity index (χ3v) is 6.08. The van der Waals surface area contributed by atoms with Crippen molar-refractivity contribution in [3.63, 3.8) is 0 Å². The van der Waals surface area contributed by atoms with Crippen LogP contribution in [0.3, 0.4) is 0 Å². The largest absolute Gasteiger partial charge is 0.328 e. The molecule has 1 aliphatic heterocycles. The van der Waals surface area contributed by atoms with E-state index in [0.29, 0.717) is 12.1 Å². The first-order chi connectivity index (χ1) is 7.34. The normalized spacial score (nSPS) is 37.8. The Morgan fingerprint density at radius 3 is 2.93 bits per heavy atom. The van der Waals surface area contributed by atoms with E-state index in [1.165, 1.54) is 49.5 Å². The maximum atomic E-state index is 5.98. The average molecular weight is 246 g/mol. The number of hydrogen-bond acceptors (Lipinski definition) is 4. The second-order valence-corrected chi connectivity index (χ2v) is 7.16. The molecule has 0 radical (unpaired) electrons. The molecule has 1 saturated heterocycles. The molecular formula is C11H22N2S2. The smallest absolute Gasteiger partial charge is 0.0263 e. The molecule has 0 bridgehead atoms. The van der Waals surface area contributed by atoms with E-state index in [0.717, 1.165) is 5.25 Å². The molecule has 15 heavy (non-hydrogen) atoms. The fourth-order valence-corrected chi connectivity index (χ4v) is 4.99. The highest BCUT2D eigenvalue weighted by Gasteiger charge is 2.20. The van der Waals surface area contributed by atoms with Crippen molar-refractivity contribution in [3.05, 3.63) is 0 Å². The summed E-state index contributed by atoms with van der Waals surface area (Å²) in [5.41, 5.74) is 5.98. The van der Waals surface area contributed by atoms with Crippen LogP contribution >= 0.6 is 23.5 Å². The standard InChI is InChI=1S/C11H22N2S2/c12-9-2-1-3-10(6-9)13-7-11-8-14-4-5-15-11/h9-11,13H,1-8,12H2.